The highest BCUT2D eigenvalue weighted by Gasteiger charge is 2.25. The number of nitrogens with two attached hydrogens (primary N) is 1. The summed E-state index contributed by atoms with van der Waals surface area (Å²) in [6, 6.07) is 5.36. The fourth-order valence-corrected chi connectivity index (χ4v) is 1.78. The second kappa shape index (κ2) is 5.95. The summed E-state index contributed by atoms with van der Waals surface area (Å²) in [7, 11) is 1.98. The van der Waals surface area contributed by atoms with E-state index < -0.39 is 0 Å². The minimum absolute atomic E-state index is 0.0443. The Bertz CT molecular complexity index is 455. The number of carbonyl (C=O) groups excluding carboxylic acids is 1. The molecule has 0 atom stereocenters. The van der Waals surface area contributed by atoms with Gasteiger partial charge in [0, 0.05) is 18.3 Å². The second-order valence-corrected chi connectivity index (χ2v) is 5.22. The Morgan fingerprint density at radius 2 is 2.00 bits per heavy atom. The van der Waals surface area contributed by atoms with Crippen LogP contribution in [-0.2, 0) is 4.74 Å². The van der Waals surface area contributed by atoms with Crippen LogP contribution < -0.4 is 10.6 Å². The zero-order valence-electron chi connectivity index (χ0n) is 12.5. The minimum atomic E-state index is -0.330. The van der Waals surface area contributed by atoms with Crippen molar-refractivity contribution in [3.63, 3.8) is 0 Å². The minimum Gasteiger partial charge on any atom is -0.462 e. The largest absolute Gasteiger partial charge is 0.462 e. The van der Waals surface area contributed by atoms with E-state index in [-0.39, 0.29) is 11.5 Å². The van der Waals surface area contributed by atoms with Crippen LogP contribution in [-0.4, -0.2) is 25.2 Å². The van der Waals surface area contributed by atoms with Gasteiger partial charge in [0.25, 0.3) is 0 Å². The molecule has 106 valence electrons. The number of anilines is 2. The quantitative estimate of drug-likeness (QED) is 0.656. The molecule has 0 amide bonds. The molecule has 1 aromatic carbocycles. The first kappa shape index (κ1) is 15.3. The molecule has 4 nitrogen and oxygen atoms in total. The monoisotopic (exact) mass is 264 g/mol. The Labute approximate surface area is 115 Å². The molecule has 2 N–H and O–H groups in total. The number of benzene rings is 1. The molecule has 1 rings (SSSR count). The van der Waals surface area contributed by atoms with Crippen molar-refractivity contribution in [2.45, 2.75) is 39.7 Å². The molecule has 4 heteroatoms. The van der Waals surface area contributed by atoms with E-state index in [1.54, 1.807) is 19.1 Å². The molecule has 0 aromatic heterocycles. The number of hydrogen-bond donors (Lipinski definition) is 1. The summed E-state index contributed by atoms with van der Waals surface area (Å²) in [6.45, 7) is 8.55. The van der Waals surface area contributed by atoms with Crippen LogP contribution in [0.3, 0.4) is 0 Å². The summed E-state index contributed by atoms with van der Waals surface area (Å²) in [5, 5.41) is 0. The van der Waals surface area contributed by atoms with Gasteiger partial charge in [-0.25, -0.2) is 4.79 Å². The van der Waals surface area contributed by atoms with Crippen molar-refractivity contribution in [2.24, 2.45) is 0 Å². The predicted molar refractivity (Wildman–Crippen MR) is 79.6 cm³/mol. The first-order valence-corrected chi connectivity index (χ1v) is 6.64. The maximum atomic E-state index is 12.0. The lowest BCUT2D eigenvalue weighted by atomic mass is 9.97. The van der Waals surface area contributed by atoms with E-state index in [1.807, 2.05) is 13.1 Å². The van der Waals surface area contributed by atoms with Crippen molar-refractivity contribution < 1.29 is 9.53 Å². The van der Waals surface area contributed by atoms with Crippen LogP contribution in [0.4, 0.5) is 11.4 Å². The molecule has 0 aliphatic heterocycles. The maximum absolute atomic E-state index is 12.0. The van der Waals surface area contributed by atoms with Crippen molar-refractivity contribution in [2.75, 3.05) is 24.3 Å². The molecule has 0 heterocycles. The highest BCUT2D eigenvalue weighted by molar-refractivity contribution is 5.97. The van der Waals surface area contributed by atoms with Gasteiger partial charge >= 0.3 is 5.97 Å². The van der Waals surface area contributed by atoms with E-state index in [2.05, 4.69) is 25.7 Å². The van der Waals surface area contributed by atoms with Crippen molar-refractivity contribution in [1.29, 1.82) is 0 Å². The van der Waals surface area contributed by atoms with Crippen molar-refractivity contribution in [1.82, 2.24) is 0 Å². The lowest BCUT2D eigenvalue weighted by molar-refractivity contribution is 0.0527. The number of nitrogens with zero attached hydrogens (tertiary/aromatic N) is 1. The summed E-state index contributed by atoms with van der Waals surface area (Å²) in [5.41, 5.74) is 7.66. The van der Waals surface area contributed by atoms with Crippen LogP contribution in [0, 0.1) is 0 Å². The summed E-state index contributed by atoms with van der Waals surface area (Å²) >= 11 is 0. The first-order chi connectivity index (χ1) is 8.83. The SMILES string of the molecule is CCOC(=O)c1cc(N)ccc1N(C)C(C)(C)CC. The van der Waals surface area contributed by atoms with Crippen LogP contribution in [0.25, 0.3) is 0 Å². The van der Waals surface area contributed by atoms with Crippen molar-refractivity contribution >= 4 is 17.3 Å². The topological polar surface area (TPSA) is 55.6 Å². The highest BCUT2D eigenvalue weighted by atomic mass is 16.5. The molecule has 0 bridgehead atoms. The molecule has 0 unspecified atom stereocenters. The third kappa shape index (κ3) is 3.40. The number of nitrogen functional groups attached to an aromatic ring is 1. The molecule has 0 radical (unpaired) electrons. The zero-order valence-corrected chi connectivity index (χ0v) is 12.5. The van der Waals surface area contributed by atoms with Gasteiger partial charge in [0.15, 0.2) is 0 Å². The van der Waals surface area contributed by atoms with Gasteiger partial charge in [-0.15, -0.1) is 0 Å². The van der Waals surface area contributed by atoms with Crippen LogP contribution in [0.1, 0.15) is 44.5 Å². The van der Waals surface area contributed by atoms with E-state index in [0.717, 1.165) is 12.1 Å². The van der Waals surface area contributed by atoms with E-state index >= 15 is 0 Å². The number of rotatable bonds is 5. The molecule has 1 aromatic rings. The van der Waals surface area contributed by atoms with E-state index in [1.165, 1.54) is 0 Å². The maximum Gasteiger partial charge on any atom is 0.340 e. The first-order valence-electron chi connectivity index (χ1n) is 6.64. The van der Waals surface area contributed by atoms with Gasteiger partial charge in [-0.3, -0.25) is 0 Å². The zero-order chi connectivity index (χ0) is 14.6. The van der Waals surface area contributed by atoms with Crippen LogP contribution in [0.2, 0.25) is 0 Å². The highest BCUT2D eigenvalue weighted by Crippen LogP contribution is 2.29. The number of esters is 1. The standard InChI is InChI=1S/C15H24N2O2/c1-6-15(3,4)17(5)13-9-8-11(16)10-12(13)14(18)19-7-2/h8-10H,6-7,16H2,1-5H3. The van der Waals surface area contributed by atoms with Crippen molar-refractivity contribution in [3.05, 3.63) is 23.8 Å². The molecule has 0 saturated heterocycles. The average molecular weight is 264 g/mol. The third-order valence-corrected chi connectivity index (χ3v) is 3.65. The Balaban J connectivity index is 3.24. The Morgan fingerprint density at radius 3 is 2.53 bits per heavy atom. The fraction of sp³-hybridized carbons (Fsp3) is 0.533. The van der Waals surface area contributed by atoms with Gasteiger partial charge < -0.3 is 15.4 Å². The molecule has 0 saturated carbocycles. The van der Waals surface area contributed by atoms with Gasteiger partial charge in [-0.1, -0.05) is 6.92 Å². The molecule has 19 heavy (non-hydrogen) atoms. The van der Waals surface area contributed by atoms with Gasteiger partial charge in [0.05, 0.1) is 17.9 Å². The van der Waals surface area contributed by atoms with Gasteiger partial charge in [0.1, 0.15) is 0 Å². The molecular formula is C15H24N2O2. The van der Waals surface area contributed by atoms with Gasteiger partial charge in [-0.2, -0.15) is 0 Å². The van der Waals surface area contributed by atoms with Crippen LogP contribution >= 0.6 is 0 Å². The Hall–Kier alpha value is -1.71. The molecule has 0 spiro atoms. The summed E-state index contributed by atoms with van der Waals surface area (Å²) in [5.74, 6) is -0.330. The van der Waals surface area contributed by atoms with E-state index in [0.29, 0.717) is 17.9 Å². The van der Waals surface area contributed by atoms with Gasteiger partial charge in [0.2, 0.25) is 0 Å². The number of ether oxygens (including phenoxy) is 1. The molecule has 0 fully saturated rings. The molecular weight excluding hydrogens is 240 g/mol. The van der Waals surface area contributed by atoms with E-state index in [4.69, 9.17) is 10.5 Å². The lowest BCUT2D eigenvalue weighted by Gasteiger charge is -2.37. The van der Waals surface area contributed by atoms with E-state index in [9.17, 15) is 4.79 Å². The molecule has 0 aliphatic carbocycles. The number of hydrogen-bond acceptors (Lipinski definition) is 4. The Morgan fingerprint density at radius 1 is 1.37 bits per heavy atom. The van der Waals surface area contributed by atoms with Crippen LogP contribution in [0.15, 0.2) is 18.2 Å². The smallest absolute Gasteiger partial charge is 0.340 e. The normalized spacial score (nSPS) is 11.2. The number of carbonyl (C=O) groups is 1. The van der Waals surface area contributed by atoms with Gasteiger partial charge in [-0.05, 0) is 45.4 Å². The summed E-state index contributed by atoms with van der Waals surface area (Å²) in [6.07, 6.45) is 0.968. The van der Waals surface area contributed by atoms with Crippen LogP contribution in [0.5, 0.6) is 0 Å². The summed E-state index contributed by atoms with van der Waals surface area (Å²) in [4.78, 5) is 14.1. The average Bonchev–Trinajstić information content (AvgIpc) is 2.38. The lowest BCUT2D eigenvalue weighted by Crippen LogP contribution is -2.41. The van der Waals surface area contributed by atoms with Crippen molar-refractivity contribution in [3.8, 4) is 0 Å². The Kier molecular flexibility index (Phi) is 4.81. The second-order valence-electron chi connectivity index (χ2n) is 5.22. The third-order valence-electron chi connectivity index (χ3n) is 3.65. The summed E-state index contributed by atoms with van der Waals surface area (Å²) < 4.78 is 5.10. The fourth-order valence-electron chi connectivity index (χ4n) is 1.78. The predicted octanol–water partition coefficient (Wildman–Crippen LogP) is 3.07. The molecule has 0 aliphatic rings.